The fourth-order valence-electron chi connectivity index (χ4n) is 2.06. The van der Waals surface area contributed by atoms with Crippen LogP contribution in [0.4, 0.5) is 10.5 Å². The smallest absolute Gasteiger partial charge is 0.319 e. The van der Waals surface area contributed by atoms with Crippen molar-refractivity contribution in [3.8, 4) is 0 Å². The van der Waals surface area contributed by atoms with E-state index < -0.39 is 17.5 Å². The second-order valence-electron chi connectivity index (χ2n) is 6.39. The molecule has 2 rings (SSSR count). The molecule has 1 fully saturated rings. The molecule has 3 N–H and O–H groups in total. The molecule has 7 heteroatoms. The van der Waals surface area contributed by atoms with Crippen LogP contribution >= 0.6 is 0 Å². The van der Waals surface area contributed by atoms with Crippen molar-refractivity contribution in [2.75, 3.05) is 5.32 Å². The van der Waals surface area contributed by atoms with Gasteiger partial charge in [0.1, 0.15) is 5.82 Å². The first-order chi connectivity index (χ1) is 10.3. The van der Waals surface area contributed by atoms with Crippen molar-refractivity contribution in [2.45, 2.75) is 51.5 Å². The van der Waals surface area contributed by atoms with E-state index in [2.05, 4.69) is 20.6 Å². The van der Waals surface area contributed by atoms with Crippen LogP contribution in [0.5, 0.6) is 0 Å². The van der Waals surface area contributed by atoms with Gasteiger partial charge < -0.3 is 15.7 Å². The van der Waals surface area contributed by atoms with Crippen LogP contribution in [-0.2, 0) is 11.2 Å². The van der Waals surface area contributed by atoms with E-state index in [1.54, 1.807) is 26.2 Å². The predicted molar refractivity (Wildman–Crippen MR) is 81.6 cm³/mol. The summed E-state index contributed by atoms with van der Waals surface area (Å²) in [5, 5.41) is 14.1. The van der Waals surface area contributed by atoms with Crippen LogP contribution < -0.4 is 10.6 Å². The lowest BCUT2D eigenvalue weighted by Gasteiger charge is -2.25. The minimum Gasteiger partial charge on any atom is -0.481 e. The zero-order valence-electron chi connectivity index (χ0n) is 12.9. The molecule has 1 aromatic heterocycles. The summed E-state index contributed by atoms with van der Waals surface area (Å²) in [5.41, 5.74) is -0.0824. The summed E-state index contributed by atoms with van der Waals surface area (Å²) in [5.74, 6) is 0.641. The number of nitrogens with one attached hydrogen (secondary N) is 2. The summed E-state index contributed by atoms with van der Waals surface area (Å²) in [6.07, 6.45) is 6.94. The van der Waals surface area contributed by atoms with E-state index in [0.29, 0.717) is 12.1 Å². The van der Waals surface area contributed by atoms with Crippen LogP contribution in [0.25, 0.3) is 0 Å². The van der Waals surface area contributed by atoms with Crippen molar-refractivity contribution in [1.29, 1.82) is 0 Å². The average Bonchev–Trinajstić information content (AvgIpc) is 3.22. The van der Waals surface area contributed by atoms with E-state index in [1.165, 1.54) is 12.8 Å². The van der Waals surface area contributed by atoms with Crippen molar-refractivity contribution in [3.63, 3.8) is 0 Å². The average molecular weight is 306 g/mol. The van der Waals surface area contributed by atoms with Gasteiger partial charge in [0.2, 0.25) is 0 Å². The highest BCUT2D eigenvalue weighted by molar-refractivity contribution is 5.89. The molecule has 0 spiro atoms. The Bertz CT molecular complexity index is 538. The molecular formula is C15H22N4O3. The molecule has 120 valence electrons. The molecule has 7 nitrogen and oxygen atoms in total. The SMILES string of the molecule is CC(C)(CCC(=O)O)NC(=O)Nc1cnc(CC2CC2)nc1. The Morgan fingerprint density at radius 1 is 1.32 bits per heavy atom. The van der Waals surface area contributed by atoms with Crippen LogP contribution in [0.15, 0.2) is 12.4 Å². The number of carbonyl (C=O) groups excluding carboxylic acids is 1. The molecule has 1 aromatic rings. The zero-order chi connectivity index (χ0) is 16.2. The van der Waals surface area contributed by atoms with E-state index in [9.17, 15) is 9.59 Å². The molecule has 0 bridgehead atoms. The minimum absolute atomic E-state index is 0.00621. The van der Waals surface area contributed by atoms with Gasteiger partial charge in [0.25, 0.3) is 0 Å². The summed E-state index contributed by atoms with van der Waals surface area (Å²) in [6.45, 7) is 3.56. The minimum atomic E-state index is -0.880. The third-order valence-electron chi connectivity index (χ3n) is 3.55. The van der Waals surface area contributed by atoms with Gasteiger partial charge in [0, 0.05) is 18.4 Å². The molecule has 0 aromatic carbocycles. The van der Waals surface area contributed by atoms with Crippen molar-refractivity contribution < 1.29 is 14.7 Å². The number of carboxylic acid groups (broad SMARTS) is 1. The molecule has 22 heavy (non-hydrogen) atoms. The molecule has 1 aliphatic carbocycles. The number of anilines is 1. The number of urea groups is 1. The van der Waals surface area contributed by atoms with E-state index in [1.807, 2.05) is 0 Å². The van der Waals surface area contributed by atoms with E-state index in [-0.39, 0.29) is 6.42 Å². The maximum atomic E-state index is 11.9. The summed E-state index contributed by atoms with van der Waals surface area (Å²) < 4.78 is 0. The number of carboxylic acids is 1. The Labute approximate surface area is 129 Å². The molecule has 0 aliphatic heterocycles. The summed E-state index contributed by atoms with van der Waals surface area (Å²) in [7, 11) is 0. The van der Waals surface area contributed by atoms with Gasteiger partial charge in [-0.15, -0.1) is 0 Å². The quantitative estimate of drug-likeness (QED) is 0.716. The number of rotatable bonds is 7. The first kappa shape index (κ1) is 16.2. The summed E-state index contributed by atoms with van der Waals surface area (Å²) in [6, 6.07) is -0.395. The standard InChI is InChI=1S/C15H22N4O3/c1-15(2,6-5-13(20)21)19-14(22)18-11-8-16-12(17-9-11)7-10-3-4-10/h8-10H,3-7H2,1-2H3,(H,20,21)(H2,18,19,22). The molecular weight excluding hydrogens is 284 g/mol. The van der Waals surface area contributed by atoms with Gasteiger partial charge in [-0.05, 0) is 39.0 Å². The Kier molecular flexibility index (Phi) is 4.95. The molecule has 1 saturated carbocycles. The number of amides is 2. The topological polar surface area (TPSA) is 104 Å². The van der Waals surface area contributed by atoms with Crippen LogP contribution in [-0.4, -0.2) is 32.6 Å². The Balaban J connectivity index is 1.81. The number of hydrogen-bond donors (Lipinski definition) is 3. The largest absolute Gasteiger partial charge is 0.481 e. The summed E-state index contributed by atoms with van der Waals surface area (Å²) in [4.78, 5) is 31.0. The first-order valence-electron chi connectivity index (χ1n) is 7.46. The molecule has 0 radical (unpaired) electrons. The Morgan fingerprint density at radius 2 is 1.95 bits per heavy atom. The van der Waals surface area contributed by atoms with Crippen molar-refractivity contribution in [2.24, 2.45) is 5.92 Å². The first-order valence-corrected chi connectivity index (χ1v) is 7.46. The van der Waals surface area contributed by atoms with Crippen LogP contribution in [0.3, 0.4) is 0 Å². The summed E-state index contributed by atoms with van der Waals surface area (Å²) >= 11 is 0. The number of aliphatic carboxylic acids is 1. The molecule has 2 amide bonds. The molecule has 0 unspecified atom stereocenters. The van der Waals surface area contributed by atoms with Gasteiger partial charge in [-0.25, -0.2) is 14.8 Å². The van der Waals surface area contributed by atoms with Gasteiger partial charge in [-0.3, -0.25) is 4.79 Å². The predicted octanol–water partition coefficient (Wildman–Crippen LogP) is 2.19. The highest BCUT2D eigenvalue weighted by Crippen LogP contribution is 2.31. The van der Waals surface area contributed by atoms with Gasteiger partial charge in [-0.1, -0.05) is 0 Å². The van der Waals surface area contributed by atoms with E-state index in [0.717, 1.165) is 18.2 Å². The molecule has 0 saturated heterocycles. The van der Waals surface area contributed by atoms with Gasteiger partial charge >= 0.3 is 12.0 Å². The highest BCUT2D eigenvalue weighted by atomic mass is 16.4. The lowest BCUT2D eigenvalue weighted by molar-refractivity contribution is -0.137. The lowest BCUT2D eigenvalue weighted by Crippen LogP contribution is -2.45. The Morgan fingerprint density at radius 3 is 2.50 bits per heavy atom. The monoisotopic (exact) mass is 306 g/mol. The zero-order valence-corrected chi connectivity index (χ0v) is 12.9. The fraction of sp³-hybridized carbons (Fsp3) is 0.600. The van der Waals surface area contributed by atoms with Crippen LogP contribution in [0, 0.1) is 5.92 Å². The molecule has 1 aliphatic rings. The number of carbonyl (C=O) groups is 2. The second-order valence-corrected chi connectivity index (χ2v) is 6.39. The van der Waals surface area contributed by atoms with Crippen molar-refractivity contribution in [1.82, 2.24) is 15.3 Å². The number of aromatic nitrogens is 2. The molecule has 1 heterocycles. The maximum Gasteiger partial charge on any atom is 0.319 e. The van der Waals surface area contributed by atoms with Crippen molar-refractivity contribution in [3.05, 3.63) is 18.2 Å². The lowest BCUT2D eigenvalue weighted by atomic mass is 9.99. The second kappa shape index (κ2) is 6.72. The van der Waals surface area contributed by atoms with E-state index >= 15 is 0 Å². The van der Waals surface area contributed by atoms with E-state index in [4.69, 9.17) is 5.11 Å². The van der Waals surface area contributed by atoms with Crippen molar-refractivity contribution >= 4 is 17.7 Å². The number of hydrogen-bond acceptors (Lipinski definition) is 4. The van der Waals surface area contributed by atoms with Crippen LogP contribution in [0.2, 0.25) is 0 Å². The van der Waals surface area contributed by atoms with Gasteiger partial charge in [0.05, 0.1) is 18.1 Å². The molecule has 0 atom stereocenters. The van der Waals surface area contributed by atoms with Crippen LogP contribution in [0.1, 0.15) is 45.4 Å². The Hall–Kier alpha value is -2.18. The fourth-order valence-corrected chi connectivity index (χ4v) is 2.06. The maximum absolute atomic E-state index is 11.9. The normalized spacial score (nSPS) is 14.5. The van der Waals surface area contributed by atoms with Gasteiger partial charge in [0.15, 0.2) is 0 Å². The third-order valence-corrected chi connectivity index (χ3v) is 3.55. The third kappa shape index (κ3) is 5.67. The highest BCUT2D eigenvalue weighted by Gasteiger charge is 2.23. The number of nitrogens with zero attached hydrogens (tertiary/aromatic N) is 2. The van der Waals surface area contributed by atoms with Gasteiger partial charge in [-0.2, -0.15) is 0 Å².